The van der Waals surface area contributed by atoms with Crippen molar-refractivity contribution >= 4 is 45.5 Å². The molecular formula is C23H16ClF3N4O2. The zero-order valence-electron chi connectivity index (χ0n) is 16.8. The molecular weight excluding hydrogens is 457 g/mol. The van der Waals surface area contributed by atoms with Crippen LogP contribution in [0.5, 0.6) is 11.5 Å². The van der Waals surface area contributed by atoms with E-state index in [9.17, 15) is 18.0 Å². The van der Waals surface area contributed by atoms with Gasteiger partial charge in [-0.3, -0.25) is 4.98 Å². The molecule has 0 atom stereocenters. The van der Waals surface area contributed by atoms with Gasteiger partial charge in [0.25, 0.3) is 0 Å². The quantitative estimate of drug-likeness (QED) is 0.281. The minimum atomic E-state index is -4.63. The summed E-state index contributed by atoms with van der Waals surface area (Å²) in [4.78, 5) is 16.3. The lowest BCUT2D eigenvalue weighted by molar-refractivity contribution is -0.137. The molecule has 0 aliphatic heterocycles. The number of aromatic nitrogens is 1. The molecule has 0 saturated heterocycles. The van der Waals surface area contributed by atoms with Crippen LogP contribution in [-0.4, -0.2) is 11.0 Å². The Hall–Kier alpha value is -3.98. The number of rotatable bonds is 4. The Kier molecular flexibility index (Phi) is 5.97. The van der Waals surface area contributed by atoms with Crippen LogP contribution < -0.4 is 21.1 Å². The van der Waals surface area contributed by atoms with Gasteiger partial charge in [-0.15, -0.1) is 0 Å². The van der Waals surface area contributed by atoms with E-state index in [0.717, 1.165) is 22.9 Å². The molecule has 1 aromatic heterocycles. The molecule has 4 N–H and O–H groups in total. The van der Waals surface area contributed by atoms with E-state index in [1.165, 1.54) is 6.07 Å². The lowest BCUT2D eigenvalue weighted by Gasteiger charge is -2.13. The van der Waals surface area contributed by atoms with E-state index < -0.39 is 22.8 Å². The first-order chi connectivity index (χ1) is 15.7. The first-order valence-corrected chi connectivity index (χ1v) is 9.93. The third-order valence-electron chi connectivity index (χ3n) is 4.62. The van der Waals surface area contributed by atoms with Gasteiger partial charge in [0, 0.05) is 34.0 Å². The second-order valence-corrected chi connectivity index (χ2v) is 7.42. The topological polar surface area (TPSA) is 89.3 Å². The van der Waals surface area contributed by atoms with E-state index in [1.807, 2.05) is 6.07 Å². The number of nitrogens with two attached hydrogens (primary N) is 1. The van der Waals surface area contributed by atoms with Crippen molar-refractivity contribution in [1.82, 2.24) is 4.98 Å². The highest BCUT2D eigenvalue weighted by Gasteiger charge is 2.33. The normalized spacial score (nSPS) is 11.3. The van der Waals surface area contributed by atoms with Gasteiger partial charge in [0.05, 0.1) is 16.8 Å². The Labute approximate surface area is 191 Å². The van der Waals surface area contributed by atoms with Gasteiger partial charge >= 0.3 is 12.2 Å². The fraction of sp³-hybridized carbons (Fsp3) is 0.0435. The molecule has 0 radical (unpaired) electrons. The largest absolute Gasteiger partial charge is 0.455 e. The van der Waals surface area contributed by atoms with Gasteiger partial charge in [-0.1, -0.05) is 11.6 Å². The van der Waals surface area contributed by atoms with Crippen molar-refractivity contribution < 1.29 is 22.7 Å². The third-order valence-corrected chi connectivity index (χ3v) is 4.95. The summed E-state index contributed by atoms with van der Waals surface area (Å²) in [7, 11) is 0. The predicted molar refractivity (Wildman–Crippen MR) is 122 cm³/mol. The first kappa shape index (κ1) is 22.2. The van der Waals surface area contributed by atoms with Crippen LogP contribution in [0.15, 0.2) is 73.1 Å². The van der Waals surface area contributed by atoms with Gasteiger partial charge in [-0.05, 0) is 60.7 Å². The Bertz CT molecular complexity index is 1330. The second kappa shape index (κ2) is 8.87. The SMILES string of the molecule is Nc1ccc2c(Oc3ccc(NC(=O)Nc4ccc(Cl)c(C(F)(F)F)c4)cc3)cncc2c1. The van der Waals surface area contributed by atoms with Gasteiger partial charge in [0.1, 0.15) is 5.75 Å². The predicted octanol–water partition coefficient (Wildman–Crippen LogP) is 6.93. The standard InChI is InChI=1S/C23H16ClF3N4O2/c24-20-8-4-16(10-19(20)23(25,26)27)31-22(32)30-15-2-5-17(6-3-15)33-21-12-29-11-13-9-14(28)1-7-18(13)21/h1-12H,28H2,(H2,30,31,32). The maximum Gasteiger partial charge on any atom is 0.417 e. The molecule has 4 aromatic rings. The molecule has 0 spiro atoms. The van der Waals surface area contributed by atoms with Crippen LogP contribution in [0.4, 0.5) is 35.0 Å². The van der Waals surface area contributed by atoms with E-state index in [-0.39, 0.29) is 5.69 Å². The van der Waals surface area contributed by atoms with E-state index in [4.69, 9.17) is 22.1 Å². The summed E-state index contributed by atoms with van der Waals surface area (Å²) in [5.41, 5.74) is 5.74. The summed E-state index contributed by atoms with van der Waals surface area (Å²) in [5, 5.41) is 6.11. The zero-order valence-corrected chi connectivity index (χ0v) is 17.5. The van der Waals surface area contributed by atoms with Gasteiger partial charge in [-0.25, -0.2) is 4.79 Å². The number of nitrogen functional groups attached to an aromatic ring is 1. The Morgan fingerprint density at radius 2 is 1.64 bits per heavy atom. The Balaban J connectivity index is 1.43. The summed E-state index contributed by atoms with van der Waals surface area (Å²) in [6, 6.07) is 14.2. The van der Waals surface area contributed by atoms with E-state index in [1.54, 1.807) is 48.8 Å². The number of carbonyl (C=O) groups is 1. The lowest BCUT2D eigenvalue weighted by Crippen LogP contribution is -2.19. The van der Waals surface area contributed by atoms with Gasteiger partial charge in [0.2, 0.25) is 0 Å². The van der Waals surface area contributed by atoms with Crippen molar-refractivity contribution in [3.8, 4) is 11.5 Å². The van der Waals surface area contributed by atoms with E-state index in [0.29, 0.717) is 22.9 Å². The van der Waals surface area contributed by atoms with Crippen molar-refractivity contribution in [2.45, 2.75) is 6.18 Å². The van der Waals surface area contributed by atoms with Crippen LogP contribution in [0.25, 0.3) is 10.8 Å². The van der Waals surface area contributed by atoms with Crippen LogP contribution >= 0.6 is 11.6 Å². The number of halogens is 4. The number of pyridine rings is 1. The molecule has 33 heavy (non-hydrogen) atoms. The number of anilines is 3. The number of nitrogens with zero attached hydrogens (tertiary/aromatic N) is 1. The molecule has 0 unspecified atom stereocenters. The van der Waals surface area contributed by atoms with Crippen LogP contribution in [0, 0.1) is 0 Å². The Morgan fingerprint density at radius 1 is 0.939 bits per heavy atom. The number of carbonyl (C=O) groups excluding carboxylic acids is 1. The first-order valence-electron chi connectivity index (χ1n) is 9.55. The van der Waals surface area contributed by atoms with Crippen molar-refractivity contribution in [2.24, 2.45) is 0 Å². The highest BCUT2D eigenvalue weighted by atomic mass is 35.5. The molecule has 1 heterocycles. The van der Waals surface area contributed by atoms with Gasteiger partial charge < -0.3 is 21.1 Å². The maximum absolute atomic E-state index is 13.0. The molecule has 4 rings (SSSR count). The molecule has 2 amide bonds. The molecule has 0 aliphatic carbocycles. The number of ether oxygens (including phenoxy) is 1. The number of urea groups is 1. The van der Waals surface area contributed by atoms with Gasteiger partial charge in [0.15, 0.2) is 5.75 Å². The molecule has 168 valence electrons. The molecule has 10 heteroatoms. The van der Waals surface area contributed by atoms with Crippen LogP contribution in [-0.2, 0) is 6.18 Å². The van der Waals surface area contributed by atoms with Gasteiger partial charge in [-0.2, -0.15) is 13.2 Å². The van der Waals surface area contributed by atoms with Crippen molar-refractivity contribution in [2.75, 3.05) is 16.4 Å². The van der Waals surface area contributed by atoms with Crippen molar-refractivity contribution in [3.63, 3.8) is 0 Å². The molecule has 0 aliphatic rings. The molecule has 0 saturated carbocycles. The number of benzene rings is 3. The summed E-state index contributed by atoms with van der Waals surface area (Å²) in [6.07, 6.45) is -1.37. The fourth-order valence-corrected chi connectivity index (χ4v) is 3.32. The third kappa shape index (κ3) is 5.27. The number of hydrogen-bond donors (Lipinski definition) is 3. The highest BCUT2D eigenvalue weighted by Crippen LogP contribution is 2.36. The van der Waals surface area contributed by atoms with Crippen LogP contribution in [0.3, 0.4) is 0 Å². The second-order valence-electron chi connectivity index (χ2n) is 7.02. The van der Waals surface area contributed by atoms with E-state index >= 15 is 0 Å². The maximum atomic E-state index is 13.0. The van der Waals surface area contributed by atoms with E-state index in [2.05, 4.69) is 15.6 Å². The highest BCUT2D eigenvalue weighted by molar-refractivity contribution is 6.31. The van der Waals surface area contributed by atoms with Crippen LogP contribution in [0.2, 0.25) is 5.02 Å². The summed E-state index contributed by atoms with van der Waals surface area (Å²) < 4.78 is 44.8. The van der Waals surface area contributed by atoms with Crippen molar-refractivity contribution in [1.29, 1.82) is 0 Å². The minimum Gasteiger partial charge on any atom is -0.455 e. The Morgan fingerprint density at radius 3 is 2.36 bits per heavy atom. The summed E-state index contributed by atoms with van der Waals surface area (Å²) in [6.45, 7) is 0. The molecule has 0 fully saturated rings. The summed E-state index contributed by atoms with van der Waals surface area (Å²) in [5.74, 6) is 1.04. The monoisotopic (exact) mass is 472 g/mol. The molecule has 0 bridgehead atoms. The van der Waals surface area contributed by atoms with Crippen LogP contribution in [0.1, 0.15) is 5.56 Å². The molecule has 3 aromatic carbocycles. The number of fused-ring (bicyclic) bond motifs is 1. The minimum absolute atomic E-state index is 0.0479. The smallest absolute Gasteiger partial charge is 0.417 e. The average molecular weight is 473 g/mol. The van der Waals surface area contributed by atoms with Crippen molar-refractivity contribution in [3.05, 3.63) is 83.6 Å². The molecule has 6 nitrogen and oxygen atoms in total. The summed E-state index contributed by atoms with van der Waals surface area (Å²) >= 11 is 5.59. The number of hydrogen-bond acceptors (Lipinski definition) is 4. The average Bonchev–Trinajstić information content (AvgIpc) is 2.75. The number of nitrogens with one attached hydrogen (secondary N) is 2. The fourth-order valence-electron chi connectivity index (χ4n) is 3.10. The number of amides is 2. The lowest BCUT2D eigenvalue weighted by atomic mass is 10.1. The zero-order chi connectivity index (χ0) is 23.6. The number of alkyl halides is 3.